The van der Waals surface area contributed by atoms with Gasteiger partial charge in [0.15, 0.2) is 0 Å². The average molecular weight is 433 g/mol. The third-order valence-corrected chi connectivity index (χ3v) is 12.8. The van der Waals surface area contributed by atoms with Crippen molar-refractivity contribution < 1.29 is 4.42 Å². The molecule has 1 aromatic heterocycles. The number of hydrogen-bond donors (Lipinski definition) is 0. The van der Waals surface area contributed by atoms with Crippen LogP contribution in [-0.4, -0.2) is 6.66 Å². The second-order valence-corrected chi connectivity index (χ2v) is 13.5. The number of hydrogen-bond acceptors (Lipinski definition) is 2. The summed E-state index contributed by atoms with van der Waals surface area (Å²) in [5.41, 5.74) is 1.63. The summed E-state index contributed by atoms with van der Waals surface area (Å²) >= 11 is 0. The molecule has 0 unspecified atom stereocenters. The summed E-state index contributed by atoms with van der Waals surface area (Å²) in [7, 11) is 0. The maximum absolute atomic E-state index is 9.47. The Hall–Kier alpha value is -3.66. The number of nitrogens with zero attached hydrogens (tertiary/aromatic N) is 1. The van der Waals surface area contributed by atoms with E-state index >= 15 is 0 Å². The van der Waals surface area contributed by atoms with Crippen LogP contribution in [0, 0.1) is 18.3 Å². The van der Waals surface area contributed by atoms with Crippen LogP contribution in [0.15, 0.2) is 114 Å². The first kappa shape index (κ1) is 20.3. The molecule has 0 spiro atoms. The summed E-state index contributed by atoms with van der Waals surface area (Å²) in [6.45, 7) is 1.14. The van der Waals surface area contributed by atoms with E-state index in [4.69, 9.17) is 4.42 Å². The van der Waals surface area contributed by atoms with Gasteiger partial charge in [-0.05, 0) is 0 Å². The van der Waals surface area contributed by atoms with Gasteiger partial charge in [-0.15, -0.1) is 0 Å². The molecular formula is C29H24NOP. The molecule has 0 aliphatic rings. The van der Waals surface area contributed by atoms with Gasteiger partial charge in [0.05, 0.1) is 0 Å². The van der Waals surface area contributed by atoms with Crippen molar-refractivity contribution in [3.8, 4) is 6.07 Å². The molecule has 0 N–H and O–H groups in total. The molecule has 32 heavy (non-hydrogen) atoms. The van der Waals surface area contributed by atoms with E-state index < -0.39 is 6.60 Å². The molecule has 0 aliphatic carbocycles. The molecule has 0 aliphatic heterocycles. The summed E-state index contributed by atoms with van der Waals surface area (Å²) < 4.78 is 6.74. The molecule has 1 heterocycles. The fraction of sp³-hybridized carbons (Fsp3) is 0.0690. The molecule has 0 bridgehead atoms. The van der Waals surface area contributed by atoms with Gasteiger partial charge in [-0.1, -0.05) is 0 Å². The fourth-order valence-electron chi connectivity index (χ4n) is 4.96. The zero-order chi connectivity index (χ0) is 22.2. The molecule has 5 aromatic rings. The van der Waals surface area contributed by atoms with Gasteiger partial charge < -0.3 is 0 Å². The van der Waals surface area contributed by atoms with Crippen LogP contribution in [0.1, 0.15) is 11.3 Å². The maximum atomic E-state index is 9.47. The standard InChI is InChI=1S/C29H24NOP/c1-22-28-20-23(21-30)18-19-27(28)29(31-22)32(2,24-12-6-3-7-13-24,25-14-8-4-9-15-25)26-16-10-5-11-17-26/h3-20H,1-2H3. The normalized spacial score (nSPS) is 12.7. The van der Waals surface area contributed by atoms with E-state index in [1.165, 1.54) is 15.9 Å². The van der Waals surface area contributed by atoms with Crippen molar-refractivity contribution in [3.63, 3.8) is 0 Å². The molecule has 3 heteroatoms. The zero-order valence-electron chi connectivity index (χ0n) is 18.2. The molecule has 0 saturated heterocycles. The first-order valence-corrected chi connectivity index (χ1v) is 13.4. The van der Waals surface area contributed by atoms with Gasteiger partial charge in [0, 0.05) is 0 Å². The third-order valence-electron chi connectivity index (χ3n) is 6.72. The number of furan rings is 1. The van der Waals surface area contributed by atoms with Crippen LogP contribution in [0.5, 0.6) is 0 Å². The summed E-state index contributed by atoms with van der Waals surface area (Å²) in [6.07, 6.45) is 0. The quantitative estimate of drug-likeness (QED) is 0.356. The number of benzene rings is 4. The molecule has 0 saturated carbocycles. The SMILES string of the molecule is Cc1oc(P(C)(c2ccccc2)(c2ccccc2)c2ccccc2)c2ccc(C#N)cc12. The van der Waals surface area contributed by atoms with Gasteiger partial charge in [-0.25, -0.2) is 0 Å². The Morgan fingerprint density at radius 2 is 1.12 bits per heavy atom. The van der Waals surface area contributed by atoms with Crippen LogP contribution in [-0.2, 0) is 0 Å². The van der Waals surface area contributed by atoms with E-state index in [1.54, 1.807) is 0 Å². The Balaban J connectivity index is 2.04. The summed E-state index contributed by atoms with van der Waals surface area (Å²) in [5, 5.41) is 15.3. The predicted octanol–water partition coefficient (Wildman–Crippen LogP) is 5.40. The van der Waals surface area contributed by atoms with E-state index in [0.717, 1.165) is 22.0 Å². The number of rotatable bonds is 4. The van der Waals surface area contributed by atoms with Crippen LogP contribution in [0.3, 0.4) is 0 Å². The van der Waals surface area contributed by atoms with Gasteiger partial charge in [0.2, 0.25) is 0 Å². The van der Waals surface area contributed by atoms with Crippen molar-refractivity contribution in [2.24, 2.45) is 0 Å². The van der Waals surface area contributed by atoms with Crippen molar-refractivity contribution in [1.82, 2.24) is 0 Å². The molecule has 156 valence electrons. The van der Waals surface area contributed by atoms with E-state index in [9.17, 15) is 5.26 Å². The second kappa shape index (κ2) is 7.49. The van der Waals surface area contributed by atoms with Gasteiger partial charge in [0.25, 0.3) is 0 Å². The monoisotopic (exact) mass is 433 g/mol. The van der Waals surface area contributed by atoms with Crippen molar-refractivity contribution in [2.45, 2.75) is 6.92 Å². The Bertz CT molecular complexity index is 1350. The average Bonchev–Trinajstić information content (AvgIpc) is 3.21. The summed E-state index contributed by atoms with van der Waals surface area (Å²) in [4.78, 5) is 0. The van der Waals surface area contributed by atoms with Crippen LogP contribution in [0.2, 0.25) is 0 Å². The molecule has 5 rings (SSSR count). The Morgan fingerprint density at radius 3 is 1.56 bits per heavy atom. The van der Waals surface area contributed by atoms with E-state index in [-0.39, 0.29) is 0 Å². The van der Waals surface area contributed by atoms with Crippen molar-refractivity contribution in [2.75, 3.05) is 6.66 Å². The molecule has 4 aromatic carbocycles. The van der Waals surface area contributed by atoms with Crippen LogP contribution in [0.4, 0.5) is 0 Å². The van der Waals surface area contributed by atoms with Crippen LogP contribution < -0.4 is 21.4 Å². The molecule has 0 amide bonds. The molecule has 2 nitrogen and oxygen atoms in total. The molecule has 0 atom stereocenters. The minimum atomic E-state index is -3.25. The first-order valence-electron chi connectivity index (χ1n) is 10.7. The topological polar surface area (TPSA) is 36.9 Å². The number of nitriles is 1. The van der Waals surface area contributed by atoms with E-state index in [1.807, 2.05) is 19.1 Å². The molecule has 0 fully saturated rings. The Morgan fingerprint density at radius 1 is 0.656 bits per heavy atom. The van der Waals surface area contributed by atoms with Crippen molar-refractivity contribution in [3.05, 3.63) is 121 Å². The van der Waals surface area contributed by atoms with Gasteiger partial charge in [-0.3, -0.25) is 0 Å². The molecule has 0 radical (unpaired) electrons. The van der Waals surface area contributed by atoms with Crippen molar-refractivity contribution in [1.29, 1.82) is 5.26 Å². The van der Waals surface area contributed by atoms with E-state index in [0.29, 0.717) is 5.56 Å². The minimum absolute atomic E-state index is 0.642. The summed E-state index contributed by atoms with van der Waals surface area (Å²) in [6, 6.07) is 40.4. The Kier molecular flexibility index (Phi) is 4.74. The van der Waals surface area contributed by atoms with Gasteiger partial charge >= 0.3 is 189 Å². The predicted molar refractivity (Wildman–Crippen MR) is 136 cm³/mol. The third kappa shape index (κ3) is 2.69. The number of fused-ring (bicyclic) bond motifs is 1. The first-order chi connectivity index (χ1) is 15.6. The summed E-state index contributed by atoms with van der Waals surface area (Å²) in [5.74, 6) is 0.839. The molecular weight excluding hydrogens is 409 g/mol. The zero-order valence-corrected chi connectivity index (χ0v) is 19.1. The van der Waals surface area contributed by atoms with Crippen molar-refractivity contribution >= 4 is 38.8 Å². The van der Waals surface area contributed by atoms with Crippen LogP contribution in [0.25, 0.3) is 10.8 Å². The van der Waals surface area contributed by atoms with Crippen LogP contribution >= 0.6 is 6.60 Å². The number of aryl methyl sites for hydroxylation is 1. The Labute approximate surface area is 188 Å². The van der Waals surface area contributed by atoms with Gasteiger partial charge in [0.1, 0.15) is 0 Å². The fourth-order valence-corrected chi connectivity index (χ4v) is 10.5. The van der Waals surface area contributed by atoms with E-state index in [2.05, 4.69) is 110 Å². The van der Waals surface area contributed by atoms with Gasteiger partial charge in [-0.2, -0.15) is 0 Å². The second-order valence-electron chi connectivity index (χ2n) is 8.41.